The van der Waals surface area contributed by atoms with Gasteiger partial charge in [-0.3, -0.25) is 9.69 Å². The first kappa shape index (κ1) is 26.1. The topological polar surface area (TPSA) is 38.8 Å². The number of ether oxygens (including phenoxy) is 2. The van der Waals surface area contributed by atoms with Crippen molar-refractivity contribution in [2.75, 3.05) is 11.5 Å². The molecule has 0 saturated carbocycles. The molecule has 3 aromatic rings. The second-order valence-electron chi connectivity index (χ2n) is 7.62. The van der Waals surface area contributed by atoms with Gasteiger partial charge in [0, 0.05) is 5.02 Å². The zero-order valence-corrected chi connectivity index (χ0v) is 21.2. The summed E-state index contributed by atoms with van der Waals surface area (Å²) in [5.74, 6) is 0.527. The van der Waals surface area contributed by atoms with Gasteiger partial charge in [0.05, 0.1) is 22.8 Å². The second kappa shape index (κ2) is 10.9. The number of anilines is 1. The van der Waals surface area contributed by atoms with Gasteiger partial charge in [-0.05, 0) is 66.6 Å². The van der Waals surface area contributed by atoms with E-state index in [2.05, 4.69) is 0 Å². The maximum atomic E-state index is 13.1. The molecule has 1 aliphatic rings. The molecule has 1 aliphatic heterocycles. The third kappa shape index (κ3) is 6.03. The van der Waals surface area contributed by atoms with Crippen LogP contribution >= 0.6 is 35.6 Å². The Morgan fingerprint density at radius 3 is 2.47 bits per heavy atom. The number of thioether (sulfide) groups is 1. The fraction of sp³-hybridized carbons (Fsp3) is 0.154. The van der Waals surface area contributed by atoms with Gasteiger partial charge in [-0.2, -0.15) is 13.2 Å². The first-order valence-corrected chi connectivity index (χ1v) is 12.4. The Labute approximate surface area is 220 Å². The Hall–Kier alpha value is -3.01. The number of benzene rings is 3. The van der Waals surface area contributed by atoms with Gasteiger partial charge in [-0.15, -0.1) is 0 Å². The zero-order chi connectivity index (χ0) is 25.9. The average Bonchev–Trinajstić information content (AvgIpc) is 3.12. The Balaban J connectivity index is 1.55. The third-order valence-electron chi connectivity index (χ3n) is 5.10. The van der Waals surface area contributed by atoms with Crippen LogP contribution in [0.15, 0.2) is 71.6 Å². The van der Waals surface area contributed by atoms with E-state index < -0.39 is 17.6 Å². The van der Waals surface area contributed by atoms with Crippen molar-refractivity contribution in [1.29, 1.82) is 0 Å². The lowest BCUT2D eigenvalue weighted by Crippen LogP contribution is -2.27. The van der Waals surface area contributed by atoms with Gasteiger partial charge in [-0.25, -0.2) is 0 Å². The van der Waals surface area contributed by atoms with Gasteiger partial charge in [0.15, 0.2) is 15.8 Å². The van der Waals surface area contributed by atoms with Crippen molar-refractivity contribution >= 4 is 57.6 Å². The predicted octanol–water partition coefficient (Wildman–Crippen LogP) is 7.74. The van der Waals surface area contributed by atoms with Gasteiger partial charge in [0.1, 0.15) is 6.61 Å². The van der Waals surface area contributed by atoms with E-state index in [0.29, 0.717) is 35.3 Å². The molecular formula is C26H19ClF3NO3S2. The highest BCUT2D eigenvalue weighted by Gasteiger charge is 2.36. The van der Waals surface area contributed by atoms with Crippen LogP contribution in [0.2, 0.25) is 5.02 Å². The molecule has 1 heterocycles. The molecule has 1 amide bonds. The van der Waals surface area contributed by atoms with Crippen LogP contribution < -0.4 is 14.4 Å². The van der Waals surface area contributed by atoms with Crippen molar-refractivity contribution in [2.45, 2.75) is 19.7 Å². The summed E-state index contributed by atoms with van der Waals surface area (Å²) in [6.07, 6.45) is -2.91. The van der Waals surface area contributed by atoms with Crippen LogP contribution in [0.3, 0.4) is 0 Å². The van der Waals surface area contributed by atoms with Crippen LogP contribution in [0.4, 0.5) is 18.9 Å². The smallest absolute Gasteiger partial charge is 0.416 e. The summed E-state index contributed by atoms with van der Waals surface area (Å²) in [6.45, 7) is 2.56. The minimum absolute atomic E-state index is 0.0664. The summed E-state index contributed by atoms with van der Waals surface area (Å²) in [5.41, 5.74) is 0.802. The van der Waals surface area contributed by atoms with Crippen molar-refractivity contribution in [3.8, 4) is 11.5 Å². The molecule has 0 radical (unpaired) electrons. The summed E-state index contributed by atoms with van der Waals surface area (Å²) in [6, 6.07) is 17.0. The predicted molar refractivity (Wildman–Crippen MR) is 140 cm³/mol. The fourth-order valence-electron chi connectivity index (χ4n) is 3.41. The molecule has 0 aromatic heterocycles. The number of amides is 1. The van der Waals surface area contributed by atoms with Gasteiger partial charge >= 0.3 is 6.18 Å². The molecule has 0 spiro atoms. The molecule has 1 fully saturated rings. The third-order valence-corrected chi connectivity index (χ3v) is 6.65. The number of hydrogen-bond donors (Lipinski definition) is 0. The maximum absolute atomic E-state index is 13.1. The summed E-state index contributed by atoms with van der Waals surface area (Å²) < 4.78 is 51.2. The molecule has 4 rings (SSSR count). The average molecular weight is 550 g/mol. The van der Waals surface area contributed by atoms with Crippen LogP contribution in [0.25, 0.3) is 6.08 Å². The Morgan fingerprint density at radius 2 is 1.78 bits per heavy atom. The minimum Gasteiger partial charge on any atom is -0.490 e. The van der Waals surface area contributed by atoms with Crippen LogP contribution in [0.5, 0.6) is 11.5 Å². The minimum atomic E-state index is -4.53. The fourth-order valence-corrected chi connectivity index (χ4v) is 4.83. The number of carbonyl (C=O) groups excluding carboxylic acids is 1. The van der Waals surface area contributed by atoms with E-state index >= 15 is 0 Å². The molecule has 0 aliphatic carbocycles. The highest BCUT2D eigenvalue weighted by Crippen LogP contribution is 2.39. The number of rotatable bonds is 7. The molecule has 36 heavy (non-hydrogen) atoms. The van der Waals surface area contributed by atoms with E-state index in [1.165, 1.54) is 12.1 Å². The standard InChI is InChI=1S/C26H19ClF3NO3S2/c1-2-33-22-12-17(8-11-21(22)34-15-16-6-9-19(27)10-7-16)13-23-24(32)31(25(35)36-23)20-5-3-4-18(14-20)26(28,29)30/h3-14H,2,15H2,1H3. The van der Waals surface area contributed by atoms with Crippen molar-refractivity contribution in [3.63, 3.8) is 0 Å². The van der Waals surface area contributed by atoms with Gasteiger partial charge in [0.25, 0.3) is 5.91 Å². The van der Waals surface area contributed by atoms with Gasteiger partial charge in [0.2, 0.25) is 0 Å². The van der Waals surface area contributed by atoms with Crippen LogP contribution in [-0.4, -0.2) is 16.8 Å². The summed E-state index contributed by atoms with van der Waals surface area (Å²) >= 11 is 12.2. The zero-order valence-electron chi connectivity index (χ0n) is 18.8. The maximum Gasteiger partial charge on any atom is 0.416 e. The first-order valence-electron chi connectivity index (χ1n) is 10.7. The van der Waals surface area contributed by atoms with E-state index in [4.69, 9.17) is 33.3 Å². The molecule has 4 nitrogen and oxygen atoms in total. The largest absolute Gasteiger partial charge is 0.490 e. The lowest BCUT2D eigenvalue weighted by Gasteiger charge is -2.16. The first-order chi connectivity index (χ1) is 17.2. The van der Waals surface area contributed by atoms with Crippen molar-refractivity contribution in [2.24, 2.45) is 0 Å². The summed E-state index contributed by atoms with van der Waals surface area (Å²) in [7, 11) is 0. The molecule has 186 valence electrons. The van der Waals surface area contributed by atoms with Crippen molar-refractivity contribution < 1.29 is 27.4 Å². The highest BCUT2D eigenvalue weighted by molar-refractivity contribution is 8.27. The van der Waals surface area contributed by atoms with Crippen molar-refractivity contribution in [3.05, 3.63) is 93.3 Å². The second-order valence-corrected chi connectivity index (χ2v) is 9.73. The Bertz CT molecular complexity index is 1330. The van der Waals surface area contributed by atoms with Gasteiger partial charge in [-0.1, -0.05) is 59.8 Å². The number of nitrogens with zero attached hydrogens (tertiary/aromatic N) is 1. The Kier molecular flexibility index (Phi) is 7.92. The molecule has 10 heteroatoms. The highest BCUT2D eigenvalue weighted by atomic mass is 35.5. The molecular weight excluding hydrogens is 531 g/mol. The lowest BCUT2D eigenvalue weighted by atomic mass is 10.1. The monoisotopic (exact) mass is 549 g/mol. The number of halogens is 4. The van der Waals surface area contributed by atoms with Gasteiger partial charge < -0.3 is 9.47 Å². The van der Waals surface area contributed by atoms with Crippen LogP contribution in [-0.2, 0) is 17.6 Å². The normalized spacial score (nSPS) is 15.0. The van der Waals surface area contributed by atoms with Crippen LogP contribution in [0, 0.1) is 0 Å². The van der Waals surface area contributed by atoms with Crippen molar-refractivity contribution in [1.82, 2.24) is 0 Å². The SMILES string of the molecule is CCOc1cc(C=C2SC(=S)N(c3cccc(C(F)(F)F)c3)C2=O)ccc1OCc1ccc(Cl)cc1. The lowest BCUT2D eigenvalue weighted by molar-refractivity contribution is -0.137. The summed E-state index contributed by atoms with van der Waals surface area (Å²) in [4.78, 5) is 14.4. The quantitative estimate of drug-likeness (QED) is 0.223. The number of alkyl halides is 3. The summed E-state index contributed by atoms with van der Waals surface area (Å²) in [5, 5.41) is 0.636. The number of hydrogen-bond acceptors (Lipinski definition) is 5. The number of thiocarbonyl (C=S) groups is 1. The molecule has 0 atom stereocenters. The molecule has 3 aromatic carbocycles. The van der Waals surface area contributed by atoms with E-state index in [1.54, 1.807) is 36.4 Å². The van der Waals surface area contributed by atoms with E-state index in [0.717, 1.165) is 34.4 Å². The molecule has 0 bridgehead atoms. The molecule has 0 N–H and O–H groups in total. The Morgan fingerprint density at radius 1 is 1.03 bits per heavy atom. The molecule has 0 unspecified atom stereocenters. The van der Waals surface area contributed by atoms with Crippen LogP contribution in [0.1, 0.15) is 23.6 Å². The number of carbonyl (C=O) groups is 1. The van der Waals surface area contributed by atoms with E-state index in [-0.39, 0.29) is 14.9 Å². The van der Waals surface area contributed by atoms with E-state index in [1.807, 2.05) is 19.1 Å². The van der Waals surface area contributed by atoms with E-state index in [9.17, 15) is 18.0 Å². The molecule has 1 saturated heterocycles.